The van der Waals surface area contributed by atoms with Crippen LogP contribution < -0.4 is 24.2 Å². The van der Waals surface area contributed by atoms with Gasteiger partial charge < -0.3 is 9.32 Å². The second-order valence-electron chi connectivity index (χ2n) is 9.50. The standard InChI is InChI=1S/C29H32N3O2S/c1-4-30-22-12-9-10-20(22)21-16-19(14-15-23(21)30)17-26-29(33)32(6-3)28(35-26)18-27-31(5-2)24-11-7-8-13-25(24)34-27/h7-8,11,13-18,20,22H,4-6,9-10,12H2,1-3H3/q+1. The molecule has 6 heteroatoms. The fourth-order valence-corrected chi connectivity index (χ4v) is 7.27. The first-order chi connectivity index (χ1) is 17.1. The van der Waals surface area contributed by atoms with Crippen LogP contribution in [0.3, 0.4) is 0 Å². The van der Waals surface area contributed by atoms with E-state index in [9.17, 15) is 4.79 Å². The Labute approximate surface area is 209 Å². The van der Waals surface area contributed by atoms with Gasteiger partial charge in [0.1, 0.15) is 11.2 Å². The van der Waals surface area contributed by atoms with Crippen LogP contribution in [0.2, 0.25) is 0 Å². The van der Waals surface area contributed by atoms with Gasteiger partial charge in [-0.25, -0.2) is 0 Å². The number of hydrogen-bond donors (Lipinski definition) is 0. The number of thiazole rings is 1. The highest BCUT2D eigenvalue weighted by Gasteiger charge is 2.40. The van der Waals surface area contributed by atoms with Crippen molar-refractivity contribution in [1.29, 1.82) is 0 Å². The van der Waals surface area contributed by atoms with Crippen LogP contribution in [0, 0.1) is 0 Å². The van der Waals surface area contributed by atoms with Crippen LogP contribution in [-0.2, 0) is 13.1 Å². The average molecular weight is 487 g/mol. The number of rotatable bonds is 5. The van der Waals surface area contributed by atoms with Crippen molar-refractivity contribution in [2.24, 2.45) is 0 Å². The first kappa shape index (κ1) is 22.4. The number of benzene rings is 2. The summed E-state index contributed by atoms with van der Waals surface area (Å²) >= 11 is 1.54. The van der Waals surface area contributed by atoms with E-state index in [0.717, 1.165) is 44.8 Å². The van der Waals surface area contributed by atoms with Crippen LogP contribution in [0.15, 0.2) is 51.7 Å². The molecule has 3 heterocycles. The summed E-state index contributed by atoms with van der Waals surface area (Å²) < 4.78 is 11.8. The zero-order valence-electron chi connectivity index (χ0n) is 20.7. The highest BCUT2D eigenvalue weighted by Crippen LogP contribution is 2.49. The zero-order valence-corrected chi connectivity index (χ0v) is 21.5. The molecule has 0 spiro atoms. The van der Waals surface area contributed by atoms with E-state index in [1.165, 1.54) is 30.5 Å². The van der Waals surface area contributed by atoms with Crippen LogP contribution in [0.5, 0.6) is 0 Å². The Morgan fingerprint density at radius 2 is 1.94 bits per heavy atom. The topological polar surface area (TPSA) is 42.3 Å². The minimum absolute atomic E-state index is 0.0670. The molecule has 0 bridgehead atoms. The molecule has 2 aromatic heterocycles. The molecule has 180 valence electrons. The van der Waals surface area contributed by atoms with Gasteiger partial charge in [-0.05, 0) is 69.0 Å². The summed E-state index contributed by atoms with van der Waals surface area (Å²) in [4.78, 5) is 15.9. The number of anilines is 1. The van der Waals surface area contributed by atoms with Gasteiger partial charge in [0, 0.05) is 36.8 Å². The Bertz CT molecular complexity index is 1590. The van der Waals surface area contributed by atoms with Crippen molar-refractivity contribution in [3.05, 3.63) is 79.0 Å². The van der Waals surface area contributed by atoms with Gasteiger partial charge in [-0.3, -0.25) is 9.36 Å². The average Bonchev–Trinajstić information content (AvgIpc) is 3.61. The third-order valence-electron chi connectivity index (χ3n) is 7.73. The summed E-state index contributed by atoms with van der Waals surface area (Å²) in [6, 6.07) is 15.5. The maximum atomic E-state index is 13.3. The van der Waals surface area contributed by atoms with E-state index in [1.54, 1.807) is 11.3 Å². The maximum absolute atomic E-state index is 13.3. The molecule has 0 saturated heterocycles. The van der Waals surface area contributed by atoms with Gasteiger partial charge in [-0.2, -0.15) is 4.57 Å². The van der Waals surface area contributed by atoms with E-state index in [1.807, 2.05) is 35.8 Å². The van der Waals surface area contributed by atoms with Crippen molar-refractivity contribution >= 4 is 40.3 Å². The number of aromatic nitrogens is 2. The quantitative estimate of drug-likeness (QED) is 0.399. The van der Waals surface area contributed by atoms with Gasteiger partial charge in [-0.1, -0.05) is 24.6 Å². The number of aryl methyl sites for hydroxylation is 1. The number of fused-ring (bicyclic) bond motifs is 4. The number of para-hydroxylation sites is 2. The zero-order chi connectivity index (χ0) is 24.1. The van der Waals surface area contributed by atoms with Crippen LogP contribution in [0.25, 0.3) is 23.3 Å². The lowest BCUT2D eigenvalue weighted by Gasteiger charge is -2.25. The third kappa shape index (κ3) is 3.57. The molecule has 5 nitrogen and oxygen atoms in total. The second-order valence-corrected chi connectivity index (χ2v) is 10.6. The van der Waals surface area contributed by atoms with Crippen molar-refractivity contribution in [2.45, 2.75) is 65.1 Å². The highest BCUT2D eigenvalue weighted by atomic mass is 32.1. The summed E-state index contributed by atoms with van der Waals surface area (Å²) in [7, 11) is 0. The molecule has 1 aliphatic carbocycles. The Morgan fingerprint density at radius 3 is 2.74 bits per heavy atom. The summed E-state index contributed by atoms with van der Waals surface area (Å²) in [6.45, 7) is 8.88. The third-order valence-corrected chi connectivity index (χ3v) is 8.79. The lowest BCUT2D eigenvalue weighted by Crippen LogP contribution is -2.35. The molecule has 0 amide bonds. The minimum atomic E-state index is 0.0670. The number of nitrogens with zero attached hydrogens (tertiary/aromatic N) is 3. The highest BCUT2D eigenvalue weighted by molar-refractivity contribution is 7.07. The molecule has 2 unspecified atom stereocenters. The maximum Gasteiger partial charge on any atom is 0.377 e. The van der Waals surface area contributed by atoms with Crippen molar-refractivity contribution in [3.63, 3.8) is 0 Å². The van der Waals surface area contributed by atoms with Gasteiger partial charge in [0.2, 0.25) is 5.58 Å². The van der Waals surface area contributed by atoms with E-state index in [-0.39, 0.29) is 5.56 Å². The van der Waals surface area contributed by atoms with Crippen LogP contribution in [0.1, 0.15) is 63.0 Å². The molecule has 2 atom stereocenters. The largest absolute Gasteiger partial charge is 0.398 e. The normalized spacial score (nSPS) is 20.3. The first-order valence-corrected chi connectivity index (χ1v) is 13.7. The summed E-state index contributed by atoms with van der Waals surface area (Å²) in [6.07, 6.45) is 7.96. The van der Waals surface area contributed by atoms with Crippen molar-refractivity contribution in [1.82, 2.24) is 4.57 Å². The molecule has 2 aromatic carbocycles. The van der Waals surface area contributed by atoms with Crippen molar-refractivity contribution in [2.75, 3.05) is 11.4 Å². The Kier molecular flexibility index (Phi) is 5.64. The summed E-state index contributed by atoms with van der Waals surface area (Å²) in [5.41, 5.74) is 5.97. The number of hydrogen-bond acceptors (Lipinski definition) is 4. The van der Waals surface area contributed by atoms with Gasteiger partial charge in [0.05, 0.1) is 10.6 Å². The molecule has 4 aromatic rings. The molecule has 0 radical (unpaired) electrons. The molecule has 2 aliphatic rings. The Balaban J connectivity index is 1.46. The molecule has 1 saturated carbocycles. The smallest absolute Gasteiger partial charge is 0.377 e. The fourth-order valence-electron chi connectivity index (χ4n) is 6.17. The predicted octanol–water partition coefficient (Wildman–Crippen LogP) is 4.12. The van der Waals surface area contributed by atoms with Crippen LogP contribution >= 0.6 is 11.3 Å². The van der Waals surface area contributed by atoms with Gasteiger partial charge in [0.15, 0.2) is 0 Å². The van der Waals surface area contributed by atoms with E-state index >= 15 is 0 Å². The van der Waals surface area contributed by atoms with Crippen molar-refractivity contribution < 1.29 is 8.98 Å². The van der Waals surface area contributed by atoms with E-state index < -0.39 is 0 Å². The Morgan fingerprint density at radius 1 is 1.09 bits per heavy atom. The first-order valence-electron chi connectivity index (χ1n) is 12.9. The lowest BCUT2D eigenvalue weighted by molar-refractivity contribution is -0.674. The van der Waals surface area contributed by atoms with Crippen molar-refractivity contribution in [3.8, 4) is 0 Å². The molecule has 1 fully saturated rings. The minimum Gasteiger partial charge on any atom is -0.398 e. The van der Waals surface area contributed by atoms with E-state index in [2.05, 4.69) is 53.7 Å². The SMILES string of the molecule is CCN1c2ccc(C=c3sc(=Cc4oc5ccccc5[n+]4CC)n(CC)c3=O)cc2C2CCCC21. The number of oxazole rings is 1. The molecule has 0 N–H and O–H groups in total. The molecular weight excluding hydrogens is 454 g/mol. The molecule has 1 aliphatic heterocycles. The predicted molar refractivity (Wildman–Crippen MR) is 143 cm³/mol. The fraction of sp³-hybridized carbons (Fsp3) is 0.379. The lowest BCUT2D eigenvalue weighted by atomic mass is 9.96. The molecule has 35 heavy (non-hydrogen) atoms. The van der Waals surface area contributed by atoms with Crippen LogP contribution in [-0.4, -0.2) is 17.2 Å². The summed E-state index contributed by atoms with van der Waals surface area (Å²) in [5.74, 6) is 1.41. The monoisotopic (exact) mass is 486 g/mol. The summed E-state index contributed by atoms with van der Waals surface area (Å²) in [5, 5.41) is 0. The Hall–Kier alpha value is -3.12. The molecular formula is C29H32N3O2S+. The van der Waals surface area contributed by atoms with E-state index in [4.69, 9.17) is 4.42 Å². The molecule has 6 rings (SSSR count). The van der Waals surface area contributed by atoms with Gasteiger partial charge in [-0.15, -0.1) is 11.3 Å². The second kappa shape index (κ2) is 8.83. The number of likely N-dealkylation sites (N-methyl/N-ethyl adjacent to an activating group) is 1. The van der Waals surface area contributed by atoms with E-state index in [0.29, 0.717) is 18.5 Å². The van der Waals surface area contributed by atoms with Gasteiger partial charge in [0.25, 0.3) is 11.1 Å². The van der Waals surface area contributed by atoms with Gasteiger partial charge >= 0.3 is 5.89 Å². The van der Waals surface area contributed by atoms with Crippen LogP contribution in [0.4, 0.5) is 5.69 Å².